The van der Waals surface area contributed by atoms with E-state index < -0.39 is 5.60 Å². The second kappa shape index (κ2) is 9.25. The molecule has 1 unspecified atom stereocenters. The molecule has 0 saturated carbocycles. The first-order valence-electron chi connectivity index (χ1n) is 9.47. The number of benzene rings is 2. The van der Waals surface area contributed by atoms with Crippen molar-refractivity contribution in [3.63, 3.8) is 0 Å². The number of likely N-dealkylation sites (tertiary alicyclic amines) is 1. The van der Waals surface area contributed by atoms with Gasteiger partial charge in [-0.05, 0) is 49.4 Å². The lowest BCUT2D eigenvalue weighted by atomic mass is 9.96. The first kappa shape index (κ1) is 19.7. The third-order valence-electron chi connectivity index (χ3n) is 5.04. The van der Waals surface area contributed by atoms with Gasteiger partial charge in [-0.1, -0.05) is 48.0 Å². The highest BCUT2D eigenvalue weighted by atomic mass is 35.5. The van der Waals surface area contributed by atoms with Crippen LogP contribution in [0, 0.1) is 0 Å². The molecule has 144 valence electrons. The van der Waals surface area contributed by atoms with Crippen LogP contribution in [-0.2, 0) is 11.2 Å². The van der Waals surface area contributed by atoms with Gasteiger partial charge >= 0.3 is 0 Å². The second-order valence-corrected chi connectivity index (χ2v) is 7.63. The average molecular weight is 388 g/mol. The van der Waals surface area contributed by atoms with Gasteiger partial charge in [-0.2, -0.15) is 0 Å². The van der Waals surface area contributed by atoms with E-state index in [1.165, 1.54) is 5.56 Å². The average Bonchev–Trinajstić information content (AvgIpc) is 2.88. The Morgan fingerprint density at radius 1 is 1.11 bits per heavy atom. The maximum absolute atomic E-state index is 12.6. The van der Waals surface area contributed by atoms with Crippen molar-refractivity contribution >= 4 is 17.5 Å². The molecule has 1 N–H and O–H groups in total. The Hall–Kier alpha value is -2.04. The van der Waals surface area contributed by atoms with Gasteiger partial charge in [-0.15, -0.1) is 0 Å². The summed E-state index contributed by atoms with van der Waals surface area (Å²) in [6.07, 6.45) is 3.16. The summed E-state index contributed by atoms with van der Waals surface area (Å²) in [5.41, 5.74) is 0.253. The summed E-state index contributed by atoms with van der Waals surface area (Å²) in [6, 6.07) is 17.2. The summed E-state index contributed by atoms with van der Waals surface area (Å²) in [5, 5.41) is 11.5. The number of hydrogen-bond donors (Lipinski definition) is 1. The maximum atomic E-state index is 12.6. The number of aryl methyl sites for hydroxylation is 1. The minimum atomic E-state index is -0.920. The van der Waals surface area contributed by atoms with Crippen LogP contribution in [0.3, 0.4) is 0 Å². The smallest absolute Gasteiger partial charge is 0.222 e. The first-order valence-corrected chi connectivity index (χ1v) is 9.84. The van der Waals surface area contributed by atoms with Crippen LogP contribution in [0.25, 0.3) is 0 Å². The molecule has 0 aliphatic carbocycles. The van der Waals surface area contributed by atoms with Crippen LogP contribution < -0.4 is 4.74 Å². The summed E-state index contributed by atoms with van der Waals surface area (Å²) in [6.45, 7) is 1.45. The Balaban J connectivity index is 1.49. The van der Waals surface area contributed by atoms with E-state index in [1.807, 2.05) is 47.4 Å². The van der Waals surface area contributed by atoms with E-state index in [0.717, 1.165) is 12.8 Å². The summed E-state index contributed by atoms with van der Waals surface area (Å²) < 4.78 is 5.75. The lowest BCUT2D eigenvalue weighted by Crippen LogP contribution is -2.38. The minimum absolute atomic E-state index is 0.152. The normalized spacial score (nSPS) is 20.1. The van der Waals surface area contributed by atoms with Gasteiger partial charge < -0.3 is 14.7 Å². The summed E-state index contributed by atoms with van der Waals surface area (Å²) in [4.78, 5) is 14.4. The zero-order valence-electron chi connectivity index (χ0n) is 15.4. The number of rotatable bonds is 6. The fourth-order valence-electron chi connectivity index (χ4n) is 3.40. The molecule has 4 nitrogen and oxygen atoms in total. The van der Waals surface area contributed by atoms with Gasteiger partial charge in [0, 0.05) is 24.5 Å². The summed E-state index contributed by atoms with van der Waals surface area (Å²) in [5.74, 6) is 0.801. The predicted octanol–water partition coefficient (Wildman–Crippen LogP) is 4.10. The highest BCUT2D eigenvalue weighted by Gasteiger charge is 2.32. The highest BCUT2D eigenvalue weighted by molar-refractivity contribution is 6.30. The summed E-state index contributed by atoms with van der Waals surface area (Å²) >= 11 is 5.97. The Morgan fingerprint density at radius 3 is 2.70 bits per heavy atom. The summed E-state index contributed by atoms with van der Waals surface area (Å²) in [7, 11) is 0. The largest absolute Gasteiger partial charge is 0.491 e. The number of aliphatic hydroxyl groups is 1. The number of nitrogens with zero attached hydrogens (tertiary/aromatic N) is 1. The molecule has 1 aliphatic rings. The molecule has 3 rings (SSSR count). The van der Waals surface area contributed by atoms with Gasteiger partial charge in [0.2, 0.25) is 5.91 Å². The van der Waals surface area contributed by atoms with Gasteiger partial charge in [-0.25, -0.2) is 0 Å². The van der Waals surface area contributed by atoms with Crippen molar-refractivity contribution in [2.75, 3.05) is 19.7 Å². The molecule has 0 aromatic heterocycles. The van der Waals surface area contributed by atoms with E-state index in [2.05, 4.69) is 0 Å². The Kier molecular flexibility index (Phi) is 6.75. The van der Waals surface area contributed by atoms with Crippen LogP contribution in [0.15, 0.2) is 54.6 Å². The lowest BCUT2D eigenvalue weighted by molar-refractivity contribution is -0.131. The van der Waals surface area contributed by atoms with E-state index in [9.17, 15) is 9.90 Å². The minimum Gasteiger partial charge on any atom is -0.491 e. The zero-order valence-corrected chi connectivity index (χ0v) is 16.2. The van der Waals surface area contributed by atoms with Gasteiger partial charge in [0.05, 0.1) is 0 Å². The molecule has 1 saturated heterocycles. The molecule has 0 radical (unpaired) electrons. The fourth-order valence-corrected chi connectivity index (χ4v) is 3.58. The Morgan fingerprint density at radius 2 is 1.93 bits per heavy atom. The van der Waals surface area contributed by atoms with Crippen LogP contribution in [0.5, 0.6) is 5.75 Å². The molecular weight excluding hydrogens is 362 g/mol. The molecule has 2 aromatic carbocycles. The van der Waals surface area contributed by atoms with Crippen molar-refractivity contribution in [1.82, 2.24) is 4.90 Å². The molecule has 1 atom stereocenters. The van der Waals surface area contributed by atoms with E-state index >= 15 is 0 Å². The van der Waals surface area contributed by atoms with E-state index in [-0.39, 0.29) is 12.5 Å². The van der Waals surface area contributed by atoms with Crippen molar-refractivity contribution in [3.8, 4) is 5.75 Å². The number of amides is 1. The van der Waals surface area contributed by atoms with Gasteiger partial charge in [0.15, 0.2) is 0 Å². The van der Waals surface area contributed by atoms with E-state index in [0.29, 0.717) is 43.1 Å². The maximum Gasteiger partial charge on any atom is 0.222 e. The lowest BCUT2D eigenvalue weighted by Gasteiger charge is -2.27. The van der Waals surface area contributed by atoms with Gasteiger partial charge in [0.1, 0.15) is 18.0 Å². The molecule has 0 bridgehead atoms. The third-order valence-corrected chi connectivity index (χ3v) is 5.28. The number of halogens is 1. The molecule has 1 aliphatic heterocycles. The van der Waals surface area contributed by atoms with Crippen LogP contribution >= 0.6 is 11.6 Å². The molecule has 0 spiro atoms. The first-order chi connectivity index (χ1) is 13.0. The van der Waals surface area contributed by atoms with Crippen LogP contribution in [-0.4, -0.2) is 41.2 Å². The quantitative estimate of drug-likeness (QED) is 0.811. The van der Waals surface area contributed by atoms with Crippen molar-refractivity contribution in [3.05, 3.63) is 65.2 Å². The number of carbonyl (C=O) groups excluding carboxylic acids is 1. The van der Waals surface area contributed by atoms with E-state index in [1.54, 1.807) is 12.1 Å². The number of hydrogen-bond acceptors (Lipinski definition) is 3. The molecule has 1 amide bonds. The van der Waals surface area contributed by atoms with Gasteiger partial charge in [-0.3, -0.25) is 4.79 Å². The topological polar surface area (TPSA) is 49.8 Å². The SMILES string of the molecule is O=C(CCc1ccccc1)N1CCCC(O)(COc2cccc(Cl)c2)CC1. The molecule has 1 fully saturated rings. The van der Waals surface area contributed by atoms with Crippen LogP contribution in [0.1, 0.15) is 31.2 Å². The molecule has 2 aromatic rings. The van der Waals surface area contributed by atoms with Crippen LogP contribution in [0.2, 0.25) is 5.02 Å². The molecule has 27 heavy (non-hydrogen) atoms. The van der Waals surface area contributed by atoms with Crippen LogP contribution in [0.4, 0.5) is 0 Å². The predicted molar refractivity (Wildman–Crippen MR) is 107 cm³/mol. The van der Waals surface area contributed by atoms with E-state index in [4.69, 9.17) is 16.3 Å². The second-order valence-electron chi connectivity index (χ2n) is 7.19. The zero-order chi connectivity index (χ0) is 19.1. The van der Waals surface area contributed by atoms with Crippen molar-refractivity contribution in [1.29, 1.82) is 0 Å². The molecule has 5 heteroatoms. The highest BCUT2D eigenvalue weighted by Crippen LogP contribution is 2.25. The fraction of sp³-hybridized carbons (Fsp3) is 0.409. The number of carbonyl (C=O) groups is 1. The monoisotopic (exact) mass is 387 g/mol. The van der Waals surface area contributed by atoms with Crippen molar-refractivity contribution in [2.45, 2.75) is 37.7 Å². The van der Waals surface area contributed by atoms with Gasteiger partial charge in [0.25, 0.3) is 0 Å². The Bertz CT molecular complexity index is 752. The van der Waals surface area contributed by atoms with Crippen molar-refractivity contribution in [2.24, 2.45) is 0 Å². The Labute approximate surface area is 165 Å². The standard InChI is InChI=1S/C22H26ClNO3/c23-19-8-4-9-20(16-19)27-17-22(26)12-5-14-24(15-13-22)21(25)11-10-18-6-2-1-3-7-18/h1-4,6-9,16,26H,5,10-15,17H2. The van der Waals surface area contributed by atoms with Crippen molar-refractivity contribution < 1.29 is 14.6 Å². The number of ether oxygens (including phenoxy) is 1. The molecular formula is C22H26ClNO3. The molecule has 1 heterocycles. The third kappa shape index (κ3) is 5.98.